The zero-order valence-corrected chi connectivity index (χ0v) is 7.03. The van der Waals surface area contributed by atoms with Crippen LogP contribution in [0.15, 0.2) is 16.4 Å². The Morgan fingerprint density at radius 3 is 2.57 bits per heavy atom. The Kier molecular flexibility index (Phi) is 4.57. The van der Waals surface area contributed by atoms with Crippen molar-refractivity contribution in [3.05, 3.63) is 16.4 Å². The molecule has 0 saturated heterocycles. The van der Waals surface area contributed by atoms with Gasteiger partial charge in [0.1, 0.15) is 0 Å². The fraction of sp³-hybridized carbons (Fsp3) is 0.500. The summed E-state index contributed by atoms with van der Waals surface area (Å²) in [6.45, 7) is 5.73. The first-order valence-electron chi connectivity index (χ1n) is 2.21. The summed E-state index contributed by atoms with van der Waals surface area (Å²) in [5.41, 5.74) is 2.81. The van der Waals surface area contributed by atoms with E-state index in [0.29, 0.717) is 0 Å². The Balaban J connectivity index is 3.35. The number of hydrogen-bond acceptors (Lipinski definition) is 0. The normalized spacial score (nSPS) is 9.71. The van der Waals surface area contributed by atoms with Crippen molar-refractivity contribution in [2.45, 2.75) is 6.92 Å². The van der Waals surface area contributed by atoms with Crippen LogP contribution >= 0.6 is 19.8 Å². The summed E-state index contributed by atoms with van der Waals surface area (Å²) < 4.78 is 3.48. The van der Waals surface area contributed by atoms with Crippen molar-refractivity contribution in [1.82, 2.24) is 0 Å². The third kappa shape index (κ3) is 4.10. The van der Waals surface area contributed by atoms with Gasteiger partial charge in [-0.3, -0.25) is 0 Å². The van der Waals surface area contributed by atoms with Crippen LogP contribution in [-0.4, -0.2) is 9.36 Å². The predicted molar refractivity (Wildman–Crippen MR) is 44.2 cm³/mol. The second-order valence-electron chi connectivity index (χ2n) is 1.22. The molecule has 0 aliphatic heterocycles. The van der Waals surface area contributed by atoms with Gasteiger partial charge in [0.2, 0.25) is 0 Å². The number of hydrogen-bond donors (Lipinski definition) is 0. The van der Waals surface area contributed by atoms with Crippen LogP contribution in [0.2, 0.25) is 0 Å². The molecule has 0 fully saturated rings. The van der Waals surface area contributed by atoms with E-state index in [4.69, 9.17) is 0 Å². The Labute approximate surface area is 52.7 Å². The summed E-state index contributed by atoms with van der Waals surface area (Å²) in [5, 5.41) is 0. The molecule has 7 heavy (non-hydrogen) atoms. The molecule has 0 aromatic carbocycles. The maximum atomic E-state index is 3.51. The molecule has 0 spiro atoms. The van der Waals surface area contributed by atoms with E-state index in [2.05, 4.69) is 28.2 Å². The van der Waals surface area contributed by atoms with E-state index in [1.165, 1.54) is 4.43 Å². The van der Waals surface area contributed by atoms with Crippen molar-refractivity contribution in [1.29, 1.82) is 0 Å². The standard InChI is InChI=1S/C6H11I/c1-4-6-7(3)5-2/h6H,1,5H2,2-3H3. The van der Waals surface area contributed by atoms with Crippen LogP contribution in [0.25, 0.3) is 0 Å². The molecule has 0 aliphatic carbocycles. The number of halogens is 1. The quantitative estimate of drug-likeness (QED) is 0.373. The van der Waals surface area contributed by atoms with Crippen LogP contribution in [-0.2, 0) is 0 Å². The van der Waals surface area contributed by atoms with Gasteiger partial charge in [-0.25, -0.2) is 0 Å². The molecule has 0 aliphatic rings. The number of alkyl halides is 2. The first-order chi connectivity index (χ1) is 3.31. The minimum atomic E-state index is -0.625. The molecule has 42 valence electrons. The van der Waals surface area contributed by atoms with Crippen molar-refractivity contribution in [3.63, 3.8) is 0 Å². The van der Waals surface area contributed by atoms with Crippen molar-refractivity contribution in [2.24, 2.45) is 0 Å². The molecule has 0 amide bonds. The van der Waals surface area contributed by atoms with Gasteiger partial charge in [0, 0.05) is 0 Å². The molecule has 0 unspecified atom stereocenters. The van der Waals surface area contributed by atoms with Crippen LogP contribution in [0.1, 0.15) is 6.92 Å². The van der Waals surface area contributed by atoms with Gasteiger partial charge >= 0.3 is 52.5 Å². The van der Waals surface area contributed by atoms with Gasteiger partial charge in [-0.1, -0.05) is 0 Å². The zero-order valence-electron chi connectivity index (χ0n) is 4.87. The summed E-state index contributed by atoms with van der Waals surface area (Å²) in [6, 6.07) is 0. The van der Waals surface area contributed by atoms with Gasteiger partial charge < -0.3 is 0 Å². The van der Waals surface area contributed by atoms with Crippen LogP contribution in [0.3, 0.4) is 0 Å². The SMILES string of the molecule is C=C=CI(C)CC. The Morgan fingerprint density at radius 1 is 1.86 bits per heavy atom. The second kappa shape index (κ2) is 4.41. The molecular weight excluding hydrogens is 199 g/mol. The maximum absolute atomic E-state index is 3.51. The second-order valence-corrected chi connectivity index (χ2v) is 7.02. The van der Waals surface area contributed by atoms with Crippen LogP contribution < -0.4 is 0 Å². The van der Waals surface area contributed by atoms with E-state index in [0.717, 1.165) is 0 Å². The summed E-state index contributed by atoms with van der Waals surface area (Å²) in [7, 11) is 0. The molecule has 0 aromatic heterocycles. The minimum absolute atomic E-state index is 0.625. The Morgan fingerprint density at radius 2 is 2.43 bits per heavy atom. The molecule has 0 rings (SSSR count). The van der Waals surface area contributed by atoms with E-state index < -0.39 is 19.8 Å². The third-order valence-corrected chi connectivity index (χ3v) is 4.59. The van der Waals surface area contributed by atoms with Gasteiger partial charge in [0.15, 0.2) is 0 Å². The van der Waals surface area contributed by atoms with Gasteiger partial charge in [-0.2, -0.15) is 0 Å². The summed E-state index contributed by atoms with van der Waals surface area (Å²) in [6.07, 6.45) is 0. The molecule has 0 atom stereocenters. The van der Waals surface area contributed by atoms with E-state index in [1.807, 2.05) is 0 Å². The van der Waals surface area contributed by atoms with Crippen LogP contribution in [0.5, 0.6) is 0 Å². The first-order valence-corrected chi connectivity index (χ1v) is 7.14. The molecule has 0 radical (unpaired) electrons. The average molecular weight is 210 g/mol. The van der Waals surface area contributed by atoms with Crippen molar-refractivity contribution < 1.29 is 0 Å². The zero-order chi connectivity index (χ0) is 5.70. The van der Waals surface area contributed by atoms with Crippen molar-refractivity contribution in [3.8, 4) is 0 Å². The van der Waals surface area contributed by atoms with Gasteiger partial charge in [-0.05, 0) is 0 Å². The van der Waals surface area contributed by atoms with E-state index in [1.54, 1.807) is 0 Å². The average Bonchev–Trinajstić information content (AvgIpc) is 1.68. The number of rotatable bonds is 2. The molecule has 0 heterocycles. The Bertz CT molecular complexity index is 80.2. The van der Waals surface area contributed by atoms with Gasteiger partial charge in [-0.15, -0.1) is 0 Å². The first kappa shape index (κ1) is 7.25. The molecule has 0 saturated carbocycles. The molecular formula is C6H11I. The molecule has 0 nitrogen and oxygen atoms in total. The monoisotopic (exact) mass is 210 g/mol. The van der Waals surface area contributed by atoms with E-state index in [9.17, 15) is 0 Å². The molecule has 0 N–H and O–H groups in total. The van der Waals surface area contributed by atoms with Crippen LogP contribution in [0, 0.1) is 0 Å². The molecule has 0 bridgehead atoms. The van der Waals surface area contributed by atoms with Gasteiger partial charge in [0.25, 0.3) is 0 Å². The van der Waals surface area contributed by atoms with E-state index in [-0.39, 0.29) is 0 Å². The fourth-order valence-electron chi connectivity index (χ4n) is 0.209. The predicted octanol–water partition coefficient (Wildman–Crippen LogP) is 2.44. The summed E-state index contributed by atoms with van der Waals surface area (Å²) >= 11 is -0.625. The molecule has 0 aromatic rings. The summed E-state index contributed by atoms with van der Waals surface area (Å²) in [5.74, 6) is 0. The topological polar surface area (TPSA) is 0 Å². The van der Waals surface area contributed by atoms with E-state index >= 15 is 0 Å². The Hall–Kier alpha value is 0.250. The van der Waals surface area contributed by atoms with Gasteiger partial charge in [0.05, 0.1) is 0 Å². The van der Waals surface area contributed by atoms with Crippen molar-refractivity contribution >= 4 is 19.8 Å². The third-order valence-electron chi connectivity index (χ3n) is 0.685. The fourth-order valence-corrected chi connectivity index (χ4v) is 1.40. The summed E-state index contributed by atoms with van der Waals surface area (Å²) in [4.78, 5) is 2.31. The molecule has 1 heteroatoms. The van der Waals surface area contributed by atoms with Crippen molar-refractivity contribution in [2.75, 3.05) is 9.36 Å². The van der Waals surface area contributed by atoms with Crippen LogP contribution in [0.4, 0.5) is 0 Å².